The van der Waals surface area contributed by atoms with Crippen molar-refractivity contribution in [2.75, 3.05) is 37.8 Å². The van der Waals surface area contributed by atoms with Crippen LogP contribution < -0.4 is 16.2 Å². The van der Waals surface area contributed by atoms with Crippen LogP contribution in [0.5, 0.6) is 0 Å². The minimum atomic E-state index is -0.282. The number of anilines is 2. The van der Waals surface area contributed by atoms with Crippen molar-refractivity contribution in [3.05, 3.63) is 47.0 Å². The van der Waals surface area contributed by atoms with Crippen LogP contribution in [0.15, 0.2) is 41.5 Å². The van der Waals surface area contributed by atoms with E-state index in [9.17, 15) is 4.79 Å². The zero-order chi connectivity index (χ0) is 20.1. The molecule has 8 heteroatoms. The smallest absolute Gasteiger partial charge is 0.261 e. The average Bonchev–Trinajstić information content (AvgIpc) is 3.34. The molecule has 4 N–H and O–H groups in total. The van der Waals surface area contributed by atoms with Gasteiger partial charge in [-0.2, -0.15) is 0 Å². The molecule has 8 nitrogen and oxygen atoms in total. The van der Waals surface area contributed by atoms with Gasteiger partial charge < -0.3 is 25.5 Å². The number of nitrogens with one attached hydrogen (secondary N) is 2. The van der Waals surface area contributed by atoms with Crippen LogP contribution in [0, 0.1) is 0 Å². The lowest BCUT2D eigenvalue weighted by atomic mass is 10.1. The number of nitrogens with zero attached hydrogens (tertiary/aromatic N) is 4. The van der Waals surface area contributed by atoms with Crippen LogP contribution in [-0.2, 0) is 0 Å². The van der Waals surface area contributed by atoms with Crippen molar-refractivity contribution in [2.45, 2.75) is 12.5 Å². The van der Waals surface area contributed by atoms with Crippen molar-refractivity contribution in [2.24, 2.45) is 0 Å². The number of aromatic nitrogens is 4. The second kappa shape index (κ2) is 6.59. The standard InChI is InChI=1S/C21H23N7O/c1-27(2)13-6-8-28(11-13)12-3-4-15-16(9-12)25-20(24-15)18-19(22)14-5-7-23-10-17(14)26-21(18)29/h3-5,7,9-10,13H,6,8,11H2,1-2H3,(H,24,25)(H3,22,26,29). The molecule has 4 heterocycles. The third-order valence-electron chi connectivity index (χ3n) is 5.82. The van der Waals surface area contributed by atoms with E-state index in [1.54, 1.807) is 18.5 Å². The summed E-state index contributed by atoms with van der Waals surface area (Å²) in [5, 5.41) is 0.752. The molecule has 5 rings (SSSR count). The molecular formula is C21H23N7O. The molecular weight excluding hydrogens is 366 g/mol. The van der Waals surface area contributed by atoms with Gasteiger partial charge in [0.05, 0.1) is 28.4 Å². The lowest BCUT2D eigenvalue weighted by Crippen LogP contribution is -2.31. The summed E-state index contributed by atoms with van der Waals surface area (Å²) in [5.74, 6) is 0.474. The van der Waals surface area contributed by atoms with Crippen LogP contribution in [0.3, 0.4) is 0 Å². The lowest BCUT2D eigenvalue weighted by molar-refractivity contribution is 0.315. The van der Waals surface area contributed by atoms with E-state index in [0.717, 1.165) is 41.6 Å². The fourth-order valence-corrected chi connectivity index (χ4v) is 4.12. The van der Waals surface area contributed by atoms with E-state index in [-0.39, 0.29) is 5.56 Å². The molecule has 0 saturated carbocycles. The maximum absolute atomic E-state index is 12.7. The second-order valence-electron chi connectivity index (χ2n) is 7.80. The highest BCUT2D eigenvalue weighted by Gasteiger charge is 2.24. The van der Waals surface area contributed by atoms with Gasteiger partial charge in [0.15, 0.2) is 0 Å². The Kier molecular flexibility index (Phi) is 4.02. The number of pyridine rings is 2. The number of nitrogens with two attached hydrogens (primary N) is 1. The highest BCUT2D eigenvalue weighted by Crippen LogP contribution is 2.30. The van der Waals surface area contributed by atoms with E-state index >= 15 is 0 Å². The molecule has 0 amide bonds. The zero-order valence-corrected chi connectivity index (χ0v) is 16.4. The summed E-state index contributed by atoms with van der Waals surface area (Å²) in [6, 6.07) is 8.53. The van der Waals surface area contributed by atoms with Gasteiger partial charge in [0, 0.05) is 36.4 Å². The van der Waals surface area contributed by atoms with Crippen LogP contribution in [0.1, 0.15) is 6.42 Å². The summed E-state index contributed by atoms with van der Waals surface area (Å²) < 4.78 is 0. The molecule has 0 radical (unpaired) electrons. The van der Waals surface area contributed by atoms with Crippen molar-refractivity contribution in [1.82, 2.24) is 24.8 Å². The number of aromatic amines is 2. The Hall–Kier alpha value is -3.39. The molecule has 29 heavy (non-hydrogen) atoms. The first kappa shape index (κ1) is 17.7. The van der Waals surface area contributed by atoms with Crippen LogP contribution in [0.4, 0.5) is 11.4 Å². The molecule has 0 bridgehead atoms. The molecule has 1 aromatic carbocycles. The normalized spacial score (nSPS) is 17.1. The molecule has 0 aliphatic carbocycles. The number of benzene rings is 1. The number of H-pyrrole nitrogens is 2. The maximum atomic E-state index is 12.7. The van der Waals surface area contributed by atoms with E-state index in [1.807, 2.05) is 6.07 Å². The van der Waals surface area contributed by atoms with Crippen LogP contribution in [-0.4, -0.2) is 58.1 Å². The predicted octanol–water partition coefficient (Wildman–Crippen LogP) is 2.19. The van der Waals surface area contributed by atoms with Gasteiger partial charge in [-0.3, -0.25) is 9.78 Å². The van der Waals surface area contributed by atoms with Crippen LogP contribution in [0.25, 0.3) is 33.3 Å². The minimum Gasteiger partial charge on any atom is -0.397 e. The van der Waals surface area contributed by atoms with Gasteiger partial charge in [0.1, 0.15) is 11.4 Å². The molecule has 148 valence electrons. The Morgan fingerprint density at radius 2 is 2.07 bits per heavy atom. The highest BCUT2D eigenvalue weighted by atomic mass is 16.1. The van der Waals surface area contributed by atoms with Gasteiger partial charge in [-0.05, 0) is 44.8 Å². The Morgan fingerprint density at radius 1 is 1.21 bits per heavy atom. The largest absolute Gasteiger partial charge is 0.397 e. The SMILES string of the molecule is CN(C)C1CCN(c2ccc3nc(-c4c(N)c5ccncc5[nH]c4=O)[nH]c3c2)C1. The third kappa shape index (κ3) is 2.92. The molecule has 4 aromatic rings. The van der Waals surface area contributed by atoms with Gasteiger partial charge in [0.2, 0.25) is 0 Å². The fraction of sp³-hybridized carbons (Fsp3) is 0.286. The average molecular weight is 389 g/mol. The number of likely N-dealkylation sites (N-methyl/N-ethyl adjacent to an activating group) is 1. The topological polar surface area (TPSA) is 107 Å². The van der Waals surface area contributed by atoms with Crippen molar-refractivity contribution in [3.8, 4) is 11.4 Å². The summed E-state index contributed by atoms with van der Waals surface area (Å²) in [5.41, 5.74) is 10.3. The number of hydrogen-bond acceptors (Lipinski definition) is 6. The number of nitrogen functional groups attached to an aromatic ring is 1. The summed E-state index contributed by atoms with van der Waals surface area (Å²) in [7, 11) is 4.25. The molecule has 1 unspecified atom stereocenters. The first-order chi connectivity index (χ1) is 14.0. The van der Waals surface area contributed by atoms with Crippen molar-refractivity contribution in [3.63, 3.8) is 0 Å². The maximum Gasteiger partial charge on any atom is 0.261 e. The molecule has 1 saturated heterocycles. The molecule has 1 aliphatic rings. The van der Waals surface area contributed by atoms with Crippen molar-refractivity contribution >= 4 is 33.3 Å². The minimum absolute atomic E-state index is 0.282. The van der Waals surface area contributed by atoms with Crippen LogP contribution >= 0.6 is 0 Å². The monoisotopic (exact) mass is 389 g/mol. The number of fused-ring (bicyclic) bond motifs is 2. The van der Waals surface area contributed by atoms with Crippen molar-refractivity contribution < 1.29 is 0 Å². The Labute approximate surface area is 167 Å². The second-order valence-corrected chi connectivity index (χ2v) is 7.80. The molecule has 0 spiro atoms. The number of rotatable bonds is 3. The molecule has 1 atom stereocenters. The molecule has 1 aliphatic heterocycles. The molecule has 1 fully saturated rings. The Balaban J connectivity index is 1.56. The summed E-state index contributed by atoms with van der Waals surface area (Å²) in [4.78, 5) is 32.1. The lowest BCUT2D eigenvalue weighted by Gasteiger charge is -2.21. The van der Waals surface area contributed by atoms with Gasteiger partial charge in [-0.25, -0.2) is 4.98 Å². The van der Waals surface area contributed by atoms with E-state index in [1.165, 1.54) is 0 Å². The highest BCUT2D eigenvalue weighted by molar-refractivity contribution is 5.97. The van der Waals surface area contributed by atoms with E-state index in [0.29, 0.717) is 28.6 Å². The molecule has 3 aromatic heterocycles. The van der Waals surface area contributed by atoms with Gasteiger partial charge in [0.25, 0.3) is 5.56 Å². The van der Waals surface area contributed by atoms with Gasteiger partial charge in [-0.1, -0.05) is 0 Å². The summed E-state index contributed by atoms with van der Waals surface area (Å²) in [6.07, 6.45) is 4.40. The quantitative estimate of drug-likeness (QED) is 0.496. The third-order valence-corrected chi connectivity index (χ3v) is 5.82. The first-order valence-corrected chi connectivity index (χ1v) is 9.68. The van der Waals surface area contributed by atoms with Crippen LogP contribution in [0.2, 0.25) is 0 Å². The zero-order valence-electron chi connectivity index (χ0n) is 16.4. The van der Waals surface area contributed by atoms with Gasteiger partial charge in [-0.15, -0.1) is 0 Å². The van der Waals surface area contributed by atoms with E-state index in [4.69, 9.17) is 5.73 Å². The first-order valence-electron chi connectivity index (χ1n) is 9.68. The summed E-state index contributed by atoms with van der Waals surface area (Å²) >= 11 is 0. The predicted molar refractivity (Wildman–Crippen MR) is 116 cm³/mol. The Morgan fingerprint density at radius 3 is 2.86 bits per heavy atom. The number of imidazole rings is 1. The fourth-order valence-electron chi connectivity index (χ4n) is 4.12. The number of hydrogen-bond donors (Lipinski definition) is 3. The summed E-state index contributed by atoms with van der Waals surface area (Å²) in [6.45, 7) is 2.03. The Bertz CT molecular complexity index is 1270. The van der Waals surface area contributed by atoms with E-state index < -0.39 is 0 Å². The van der Waals surface area contributed by atoms with E-state index in [2.05, 4.69) is 56.0 Å². The van der Waals surface area contributed by atoms with Gasteiger partial charge >= 0.3 is 0 Å². The van der Waals surface area contributed by atoms with Crippen molar-refractivity contribution in [1.29, 1.82) is 0 Å².